The Bertz CT molecular complexity index is 187. The van der Waals surface area contributed by atoms with E-state index in [9.17, 15) is 4.79 Å². The van der Waals surface area contributed by atoms with Crippen LogP contribution in [0.15, 0.2) is 0 Å². The Morgan fingerprint density at radius 3 is 1.60 bits per heavy atom. The van der Waals surface area contributed by atoms with Crippen LogP contribution >= 0.6 is 17.0 Å². The average molecular weight is 279 g/mol. The number of hydrogen-bond acceptors (Lipinski definition) is 3. The van der Waals surface area contributed by atoms with Gasteiger partial charge < -0.3 is 9.80 Å². The van der Waals surface area contributed by atoms with Crippen LogP contribution in [0.4, 0.5) is 0 Å². The van der Waals surface area contributed by atoms with Gasteiger partial charge in [-0.05, 0) is 41.0 Å². The molecule has 1 aliphatic rings. The highest BCUT2D eigenvalue weighted by Gasteiger charge is 2.34. The smallest absolute Gasteiger partial charge is 0.141 e. The van der Waals surface area contributed by atoms with Crippen molar-refractivity contribution in [2.24, 2.45) is 11.8 Å². The van der Waals surface area contributed by atoms with Crippen molar-refractivity contribution in [1.82, 2.24) is 9.80 Å². The fraction of sp³-hybridized carbons (Fsp3) is 0.909. The van der Waals surface area contributed by atoms with Crippen LogP contribution in [0.25, 0.3) is 0 Å². The molecule has 0 aromatic carbocycles. The molecule has 0 saturated heterocycles. The number of Topliss-reactive ketones (excluding diaryl/α,β-unsaturated/α-hetero) is 1. The topological polar surface area (TPSA) is 23.6 Å². The van der Waals surface area contributed by atoms with Gasteiger partial charge in [0.1, 0.15) is 5.78 Å². The lowest BCUT2D eigenvalue weighted by atomic mass is 10.0. The van der Waals surface area contributed by atoms with Gasteiger partial charge >= 0.3 is 0 Å². The van der Waals surface area contributed by atoms with E-state index in [0.29, 0.717) is 5.78 Å². The molecular formula is C11H23BrN2O. The summed E-state index contributed by atoms with van der Waals surface area (Å²) < 4.78 is 0. The van der Waals surface area contributed by atoms with Gasteiger partial charge in [0.05, 0.1) is 0 Å². The standard InChI is InChI=1S/C11H22N2O.BrH/c1-12(2)7-9-5-6-10(11(9)14)8-13(3)4;/h9-10H,5-8H2,1-4H3;1H. The molecule has 0 amide bonds. The first-order valence-corrected chi connectivity index (χ1v) is 5.34. The predicted octanol–water partition coefficient (Wildman–Crippen LogP) is 1.28. The Hall–Kier alpha value is 0.0700. The fourth-order valence-corrected chi connectivity index (χ4v) is 2.26. The molecule has 2 unspecified atom stereocenters. The number of hydrogen-bond donors (Lipinski definition) is 0. The first-order chi connectivity index (χ1) is 6.50. The molecule has 4 heteroatoms. The van der Waals surface area contributed by atoms with Crippen molar-refractivity contribution < 1.29 is 4.79 Å². The van der Waals surface area contributed by atoms with Crippen molar-refractivity contribution in [3.05, 3.63) is 0 Å². The molecule has 0 spiro atoms. The molecule has 15 heavy (non-hydrogen) atoms. The van der Waals surface area contributed by atoms with E-state index in [0.717, 1.165) is 25.9 Å². The van der Waals surface area contributed by atoms with Crippen LogP contribution in [0.5, 0.6) is 0 Å². The van der Waals surface area contributed by atoms with Crippen molar-refractivity contribution >= 4 is 22.8 Å². The largest absolute Gasteiger partial charge is 0.309 e. The van der Waals surface area contributed by atoms with Gasteiger partial charge in [-0.25, -0.2) is 0 Å². The van der Waals surface area contributed by atoms with Crippen molar-refractivity contribution in [2.45, 2.75) is 12.8 Å². The summed E-state index contributed by atoms with van der Waals surface area (Å²) in [6.45, 7) is 1.84. The predicted molar refractivity (Wildman–Crippen MR) is 68.7 cm³/mol. The molecule has 0 heterocycles. The minimum atomic E-state index is 0. The Labute approximate surface area is 104 Å². The van der Waals surface area contributed by atoms with Crippen LogP contribution < -0.4 is 0 Å². The van der Waals surface area contributed by atoms with E-state index >= 15 is 0 Å². The van der Waals surface area contributed by atoms with Crippen molar-refractivity contribution in [3.63, 3.8) is 0 Å². The number of carbonyl (C=O) groups is 1. The van der Waals surface area contributed by atoms with Crippen LogP contribution in [0.2, 0.25) is 0 Å². The highest BCUT2D eigenvalue weighted by atomic mass is 79.9. The van der Waals surface area contributed by atoms with E-state index in [4.69, 9.17) is 0 Å². The molecule has 1 aliphatic carbocycles. The van der Waals surface area contributed by atoms with Crippen LogP contribution in [0, 0.1) is 11.8 Å². The lowest BCUT2D eigenvalue weighted by Gasteiger charge is -2.17. The lowest BCUT2D eigenvalue weighted by molar-refractivity contribution is -0.124. The maximum Gasteiger partial charge on any atom is 0.141 e. The average Bonchev–Trinajstić information content (AvgIpc) is 2.34. The fourth-order valence-electron chi connectivity index (χ4n) is 2.26. The lowest BCUT2D eigenvalue weighted by Crippen LogP contribution is -2.30. The summed E-state index contributed by atoms with van der Waals surface area (Å²) in [5.74, 6) is 1.05. The quantitative estimate of drug-likeness (QED) is 0.774. The zero-order valence-corrected chi connectivity index (χ0v) is 11.9. The molecule has 0 bridgehead atoms. The molecule has 0 N–H and O–H groups in total. The first kappa shape index (κ1) is 15.1. The molecule has 3 nitrogen and oxygen atoms in total. The zero-order chi connectivity index (χ0) is 10.7. The van der Waals surface area contributed by atoms with Gasteiger partial charge in [-0.15, -0.1) is 17.0 Å². The van der Waals surface area contributed by atoms with Gasteiger partial charge in [0.2, 0.25) is 0 Å². The highest BCUT2D eigenvalue weighted by molar-refractivity contribution is 8.93. The number of carbonyl (C=O) groups excluding carboxylic acids is 1. The van der Waals surface area contributed by atoms with Gasteiger partial charge in [0.25, 0.3) is 0 Å². The van der Waals surface area contributed by atoms with Gasteiger partial charge in [-0.2, -0.15) is 0 Å². The second-order valence-corrected chi connectivity index (χ2v) is 4.90. The number of ketones is 1. The maximum atomic E-state index is 11.9. The summed E-state index contributed by atoms with van der Waals surface area (Å²) in [5, 5.41) is 0. The molecule has 90 valence electrons. The maximum absolute atomic E-state index is 11.9. The molecule has 0 aromatic heterocycles. The third-order valence-corrected chi connectivity index (χ3v) is 2.84. The minimum Gasteiger partial charge on any atom is -0.309 e. The zero-order valence-electron chi connectivity index (χ0n) is 10.2. The van der Waals surface area contributed by atoms with Crippen LogP contribution in [-0.4, -0.2) is 56.9 Å². The molecular weight excluding hydrogens is 256 g/mol. The normalized spacial score (nSPS) is 26.1. The Morgan fingerprint density at radius 1 is 1.00 bits per heavy atom. The number of nitrogens with zero attached hydrogens (tertiary/aromatic N) is 2. The summed E-state index contributed by atoms with van der Waals surface area (Å²) in [6, 6.07) is 0. The minimum absolute atomic E-state index is 0. The number of halogens is 1. The van der Waals surface area contributed by atoms with Crippen molar-refractivity contribution in [3.8, 4) is 0 Å². The van der Waals surface area contributed by atoms with Crippen molar-refractivity contribution in [2.75, 3.05) is 41.3 Å². The molecule has 2 atom stereocenters. The van der Waals surface area contributed by atoms with Gasteiger partial charge in [0.15, 0.2) is 0 Å². The van der Waals surface area contributed by atoms with Gasteiger partial charge in [0, 0.05) is 24.9 Å². The van der Waals surface area contributed by atoms with Gasteiger partial charge in [-0.3, -0.25) is 4.79 Å². The Balaban J connectivity index is 0.00000196. The second-order valence-electron chi connectivity index (χ2n) is 4.90. The summed E-state index contributed by atoms with van der Waals surface area (Å²) in [4.78, 5) is 16.1. The Kier molecular flexibility index (Phi) is 6.64. The molecule has 0 radical (unpaired) electrons. The second kappa shape index (κ2) is 6.61. The molecule has 1 rings (SSSR count). The molecule has 0 aromatic rings. The first-order valence-electron chi connectivity index (χ1n) is 5.34. The summed E-state index contributed by atoms with van der Waals surface area (Å²) in [5.41, 5.74) is 0. The molecule has 0 aliphatic heterocycles. The number of rotatable bonds is 4. The van der Waals surface area contributed by atoms with E-state index < -0.39 is 0 Å². The summed E-state index contributed by atoms with van der Waals surface area (Å²) >= 11 is 0. The van der Waals surface area contributed by atoms with Crippen LogP contribution in [0.1, 0.15) is 12.8 Å². The Morgan fingerprint density at radius 2 is 1.33 bits per heavy atom. The van der Waals surface area contributed by atoms with Gasteiger partial charge in [-0.1, -0.05) is 0 Å². The van der Waals surface area contributed by atoms with Crippen molar-refractivity contribution in [1.29, 1.82) is 0 Å². The third-order valence-electron chi connectivity index (χ3n) is 2.84. The molecule has 1 fully saturated rings. The van der Waals surface area contributed by atoms with Crippen LogP contribution in [0.3, 0.4) is 0 Å². The summed E-state index contributed by atoms with van der Waals surface area (Å²) in [6.07, 6.45) is 2.16. The third kappa shape index (κ3) is 4.62. The van der Waals surface area contributed by atoms with E-state index in [1.807, 2.05) is 28.2 Å². The SMILES string of the molecule is Br.CN(C)CC1CCC(CN(C)C)C1=O. The highest BCUT2D eigenvalue weighted by Crippen LogP contribution is 2.27. The van der Waals surface area contributed by atoms with E-state index in [1.165, 1.54) is 0 Å². The van der Waals surface area contributed by atoms with Crippen LogP contribution in [-0.2, 0) is 4.79 Å². The molecule has 1 saturated carbocycles. The van der Waals surface area contributed by atoms with E-state index in [-0.39, 0.29) is 28.8 Å². The monoisotopic (exact) mass is 278 g/mol. The summed E-state index contributed by atoms with van der Waals surface area (Å²) in [7, 11) is 8.14. The van der Waals surface area contributed by atoms with E-state index in [1.54, 1.807) is 0 Å². The van der Waals surface area contributed by atoms with E-state index in [2.05, 4.69) is 9.80 Å².